The molecule has 5 nitrogen and oxygen atoms in total. The molecule has 0 radical (unpaired) electrons. The van der Waals surface area contributed by atoms with Gasteiger partial charge < -0.3 is 14.1 Å². The van der Waals surface area contributed by atoms with Gasteiger partial charge in [0.15, 0.2) is 5.92 Å². The molecule has 1 aliphatic rings. The lowest BCUT2D eigenvalue weighted by atomic mass is 10.00. The Bertz CT molecular complexity index is 703. The molecule has 2 aromatic rings. The summed E-state index contributed by atoms with van der Waals surface area (Å²) in [5.41, 5.74) is 2.14. The fraction of sp³-hybridized carbons (Fsp3) is 0.375. The van der Waals surface area contributed by atoms with Crippen molar-refractivity contribution < 1.29 is 18.7 Å². The van der Waals surface area contributed by atoms with Crippen LogP contribution in [0.25, 0.3) is 11.0 Å². The van der Waals surface area contributed by atoms with E-state index in [9.17, 15) is 9.59 Å². The highest BCUT2D eigenvalue weighted by Crippen LogP contribution is 2.41. The first-order valence-electron chi connectivity index (χ1n) is 7.16. The summed E-state index contributed by atoms with van der Waals surface area (Å²) in [6, 6.07) is 5.53. The summed E-state index contributed by atoms with van der Waals surface area (Å²) in [5.74, 6) is -1.58. The van der Waals surface area contributed by atoms with Crippen LogP contribution in [0.4, 0.5) is 5.69 Å². The number of ether oxygens (including phenoxy) is 1. The predicted octanol–water partition coefficient (Wildman–Crippen LogP) is 2.84. The maximum absolute atomic E-state index is 12.6. The van der Waals surface area contributed by atoms with Gasteiger partial charge >= 0.3 is 5.97 Å². The molecule has 1 atom stereocenters. The molecule has 0 aliphatic carbocycles. The molecule has 1 aromatic heterocycles. The van der Waals surface area contributed by atoms with Crippen molar-refractivity contribution in [2.45, 2.75) is 26.2 Å². The van der Waals surface area contributed by atoms with Crippen LogP contribution < -0.4 is 4.90 Å². The number of nitrogens with zero attached hydrogens (tertiary/aromatic N) is 1. The molecule has 3 rings (SSSR count). The van der Waals surface area contributed by atoms with Gasteiger partial charge in [-0.05, 0) is 31.5 Å². The number of rotatable bonds is 4. The van der Waals surface area contributed by atoms with Crippen LogP contribution in [0.2, 0.25) is 0 Å². The highest BCUT2D eigenvalue weighted by Gasteiger charge is 2.42. The van der Waals surface area contributed by atoms with Crippen LogP contribution in [0, 0.1) is 0 Å². The molecule has 0 saturated heterocycles. The Hall–Kier alpha value is -2.30. The number of benzene rings is 1. The van der Waals surface area contributed by atoms with E-state index in [4.69, 9.17) is 9.15 Å². The molecule has 1 aromatic carbocycles. The molecule has 0 bridgehead atoms. The minimum Gasteiger partial charge on any atom is -0.465 e. The zero-order chi connectivity index (χ0) is 15.0. The largest absolute Gasteiger partial charge is 0.465 e. The van der Waals surface area contributed by atoms with Crippen LogP contribution in [0.5, 0.6) is 0 Å². The Balaban J connectivity index is 2.13. The molecular weight excluding hydrogens is 270 g/mol. The van der Waals surface area contributed by atoms with Crippen molar-refractivity contribution >= 4 is 28.5 Å². The second kappa shape index (κ2) is 5.24. The monoisotopic (exact) mass is 287 g/mol. The molecular formula is C16H17NO4. The number of esters is 1. The molecule has 1 amide bonds. The SMILES string of the molecule is CCCN1C(=O)C(C(=O)OCC)c2cc3occc3cc21. The summed E-state index contributed by atoms with van der Waals surface area (Å²) in [6.07, 6.45) is 2.43. The summed E-state index contributed by atoms with van der Waals surface area (Å²) >= 11 is 0. The second-order valence-electron chi connectivity index (χ2n) is 5.04. The number of amides is 1. The van der Waals surface area contributed by atoms with Gasteiger partial charge in [0.2, 0.25) is 5.91 Å². The van der Waals surface area contributed by atoms with E-state index in [0.717, 1.165) is 17.5 Å². The molecule has 0 spiro atoms. The van der Waals surface area contributed by atoms with Crippen LogP contribution in [-0.4, -0.2) is 25.0 Å². The first-order valence-corrected chi connectivity index (χ1v) is 7.16. The molecule has 21 heavy (non-hydrogen) atoms. The fourth-order valence-corrected chi connectivity index (χ4v) is 2.79. The van der Waals surface area contributed by atoms with E-state index in [1.54, 1.807) is 24.2 Å². The molecule has 1 aliphatic heterocycles. The Kier molecular flexibility index (Phi) is 3.41. The lowest BCUT2D eigenvalue weighted by Crippen LogP contribution is -2.32. The number of carbonyl (C=O) groups is 2. The van der Waals surface area contributed by atoms with E-state index in [2.05, 4.69) is 0 Å². The van der Waals surface area contributed by atoms with Crippen LogP contribution in [0.15, 0.2) is 28.9 Å². The molecule has 0 N–H and O–H groups in total. The molecule has 1 unspecified atom stereocenters. The van der Waals surface area contributed by atoms with Gasteiger partial charge in [-0.1, -0.05) is 6.92 Å². The molecule has 5 heteroatoms. The summed E-state index contributed by atoms with van der Waals surface area (Å²) in [7, 11) is 0. The van der Waals surface area contributed by atoms with Gasteiger partial charge in [-0.15, -0.1) is 0 Å². The fourth-order valence-electron chi connectivity index (χ4n) is 2.79. The standard InChI is InChI=1S/C16H17NO4/c1-3-6-17-12-8-10-5-7-21-13(10)9-11(12)14(15(17)18)16(19)20-4-2/h5,7-9,14H,3-4,6H2,1-2H3. The van der Waals surface area contributed by atoms with Crippen LogP contribution in [-0.2, 0) is 14.3 Å². The zero-order valence-corrected chi connectivity index (χ0v) is 12.1. The number of carbonyl (C=O) groups excluding carboxylic acids is 2. The highest BCUT2D eigenvalue weighted by molar-refractivity contribution is 6.17. The molecule has 0 fully saturated rings. The Morgan fingerprint density at radius 1 is 1.38 bits per heavy atom. The van der Waals surface area contributed by atoms with E-state index in [0.29, 0.717) is 17.7 Å². The average molecular weight is 287 g/mol. The number of furan rings is 1. The number of hydrogen-bond acceptors (Lipinski definition) is 4. The second-order valence-corrected chi connectivity index (χ2v) is 5.04. The van der Waals surface area contributed by atoms with Gasteiger partial charge in [0.1, 0.15) is 5.58 Å². The maximum Gasteiger partial charge on any atom is 0.323 e. The Labute approximate surface area is 122 Å². The maximum atomic E-state index is 12.6. The summed E-state index contributed by atoms with van der Waals surface area (Å²) in [5, 5.41) is 0.923. The van der Waals surface area contributed by atoms with Crippen molar-refractivity contribution in [1.29, 1.82) is 0 Å². The Morgan fingerprint density at radius 3 is 2.90 bits per heavy atom. The molecule has 2 heterocycles. The minimum absolute atomic E-state index is 0.210. The lowest BCUT2D eigenvalue weighted by Gasteiger charge is -2.16. The van der Waals surface area contributed by atoms with Crippen molar-refractivity contribution in [3.8, 4) is 0 Å². The van der Waals surface area contributed by atoms with Crippen LogP contribution in [0.3, 0.4) is 0 Å². The predicted molar refractivity (Wildman–Crippen MR) is 78.2 cm³/mol. The van der Waals surface area contributed by atoms with Crippen molar-refractivity contribution in [2.24, 2.45) is 0 Å². The van der Waals surface area contributed by atoms with Crippen LogP contribution in [0.1, 0.15) is 31.7 Å². The summed E-state index contributed by atoms with van der Waals surface area (Å²) < 4.78 is 10.4. The van der Waals surface area contributed by atoms with Gasteiger partial charge in [0.05, 0.1) is 12.9 Å². The Morgan fingerprint density at radius 2 is 2.19 bits per heavy atom. The summed E-state index contributed by atoms with van der Waals surface area (Å²) in [4.78, 5) is 26.4. The van der Waals surface area contributed by atoms with Gasteiger partial charge in [0, 0.05) is 23.2 Å². The first-order chi connectivity index (χ1) is 10.2. The van der Waals surface area contributed by atoms with Gasteiger partial charge in [-0.25, -0.2) is 0 Å². The van der Waals surface area contributed by atoms with Crippen molar-refractivity contribution in [3.05, 3.63) is 30.0 Å². The van der Waals surface area contributed by atoms with Gasteiger partial charge in [-0.3, -0.25) is 9.59 Å². The number of anilines is 1. The van der Waals surface area contributed by atoms with E-state index < -0.39 is 11.9 Å². The summed E-state index contributed by atoms with van der Waals surface area (Å²) in [6.45, 7) is 4.58. The van der Waals surface area contributed by atoms with Crippen molar-refractivity contribution in [1.82, 2.24) is 0 Å². The topological polar surface area (TPSA) is 59.8 Å². The minimum atomic E-state index is -0.874. The zero-order valence-electron chi connectivity index (χ0n) is 12.1. The van der Waals surface area contributed by atoms with E-state index >= 15 is 0 Å². The number of hydrogen-bond donors (Lipinski definition) is 0. The average Bonchev–Trinajstić information content (AvgIpc) is 3.00. The van der Waals surface area contributed by atoms with Crippen molar-refractivity contribution in [2.75, 3.05) is 18.1 Å². The molecule has 0 saturated carbocycles. The lowest BCUT2D eigenvalue weighted by molar-refractivity contribution is -0.147. The first kappa shape index (κ1) is 13.7. The third kappa shape index (κ3) is 2.09. The van der Waals surface area contributed by atoms with Crippen LogP contribution >= 0.6 is 0 Å². The quantitative estimate of drug-likeness (QED) is 0.641. The smallest absolute Gasteiger partial charge is 0.323 e. The third-order valence-electron chi connectivity index (χ3n) is 3.69. The van der Waals surface area contributed by atoms with E-state index in [1.807, 2.05) is 19.1 Å². The number of fused-ring (bicyclic) bond motifs is 2. The normalized spacial score (nSPS) is 17.3. The van der Waals surface area contributed by atoms with Gasteiger partial charge in [0.25, 0.3) is 0 Å². The van der Waals surface area contributed by atoms with E-state index in [1.165, 1.54) is 0 Å². The molecule has 110 valence electrons. The van der Waals surface area contributed by atoms with E-state index in [-0.39, 0.29) is 12.5 Å². The van der Waals surface area contributed by atoms with Gasteiger partial charge in [-0.2, -0.15) is 0 Å². The van der Waals surface area contributed by atoms with Crippen molar-refractivity contribution in [3.63, 3.8) is 0 Å². The third-order valence-corrected chi connectivity index (χ3v) is 3.69. The highest BCUT2D eigenvalue weighted by atomic mass is 16.5.